The summed E-state index contributed by atoms with van der Waals surface area (Å²) in [5, 5.41) is 9.06. The molecule has 0 aliphatic rings. The Bertz CT molecular complexity index is 1000. The molecule has 6 heteroatoms. The first-order valence-electron chi connectivity index (χ1n) is 11.7. The molecule has 184 valence electrons. The molecule has 0 aliphatic carbocycles. The topological polar surface area (TPSA) is 82.1 Å². The van der Waals surface area contributed by atoms with Gasteiger partial charge in [0.15, 0.2) is 5.78 Å². The lowest BCUT2D eigenvalue weighted by atomic mass is 9.99. The summed E-state index contributed by atoms with van der Waals surface area (Å²) in [5.41, 5.74) is 1.35. The van der Waals surface area contributed by atoms with E-state index in [0.717, 1.165) is 6.08 Å². The number of carboxylic acid groups (broad SMARTS) is 1. The van der Waals surface area contributed by atoms with Crippen molar-refractivity contribution in [2.75, 3.05) is 19.8 Å². The molecular formula is C28H36O6. The van der Waals surface area contributed by atoms with Crippen LogP contribution in [0.5, 0.6) is 17.2 Å². The van der Waals surface area contributed by atoms with Crippen LogP contribution in [0.3, 0.4) is 0 Å². The van der Waals surface area contributed by atoms with Crippen LogP contribution >= 0.6 is 0 Å². The second kappa shape index (κ2) is 12.8. The molecule has 0 amide bonds. The maximum Gasteiger partial charge on any atom is 0.328 e. The van der Waals surface area contributed by atoms with Crippen LogP contribution in [-0.2, 0) is 4.79 Å². The van der Waals surface area contributed by atoms with E-state index in [1.54, 1.807) is 36.4 Å². The van der Waals surface area contributed by atoms with Gasteiger partial charge in [0.1, 0.15) is 17.2 Å². The number of hydrogen-bond donors (Lipinski definition) is 1. The van der Waals surface area contributed by atoms with Crippen molar-refractivity contribution in [2.45, 2.75) is 41.5 Å². The first kappa shape index (κ1) is 27.0. The average Bonchev–Trinajstić information content (AvgIpc) is 2.78. The maximum atomic E-state index is 13.5. The summed E-state index contributed by atoms with van der Waals surface area (Å²) < 4.78 is 17.6. The van der Waals surface area contributed by atoms with Gasteiger partial charge in [0.05, 0.1) is 25.4 Å². The van der Waals surface area contributed by atoms with Crippen molar-refractivity contribution in [1.29, 1.82) is 0 Å². The molecule has 0 atom stereocenters. The van der Waals surface area contributed by atoms with Crippen molar-refractivity contribution < 1.29 is 28.9 Å². The number of carboxylic acids is 1. The molecule has 0 saturated carbocycles. The number of benzene rings is 2. The van der Waals surface area contributed by atoms with Crippen molar-refractivity contribution >= 4 is 17.8 Å². The SMILES string of the molecule is CC(C)COc1ccc(C(=O)c2ccc(OCC(C)C)c(/C=C/C(=O)O)c2)c(OCC(C)C)c1. The molecule has 0 heterocycles. The quantitative estimate of drug-likeness (QED) is 0.282. The number of carbonyl (C=O) groups is 2. The zero-order valence-corrected chi connectivity index (χ0v) is 21.0. The Morgan fingerprint density at radius 1 is 0.794 bits per heavy atom. The van der Waals surface area contributed by atoms with Gasteiger partial charge in [-0.15, -0.1) is 0 Å². The van der Waals surface area contributed by atoms with Crippen molar-refractivity contribution in [3.05, 3.63) is 59.2 Å². The van der Waals surface area contributed by atoms with Crippen molar-refractivity contribution in [3.8, 4) is 17.2 Å². The van der Waals surface area contributed by atoms with E-state index in [1.807, 2.05) is 27.7 Å². The van der Waals surface area contributed by atoms with Crippen LogP contribution in [0, 0.1) is 17.8 Å². The Balaban J connectivity index is 2.42. The number of aliphatic carboxylic acids is 1. The van der Waals surface area contributed by atoms with Gasteiger partial charge in [-0.2, -0.15) is 0 Å². The molecule has 1 N–H and O–H groups in total. The fourth-order valence-electron chi connectivity index (χ4n) is 2.94. The van der Waals surface area contributed by atoms with Gasteiger partial charge in [0, 0.05) is 23.3 Å². The molecule has 0 aromatic heterocycles. The molecule has 0 aliphatic heterocycles. The van der Waals surface area contributed by atoms with Crippen LogP contribution in [0.2, 0.25) is 0 Å². The maximum absolute atomic E-state index is 13.5. The lowest BCUT2D eigenvalue weighted by molar-refractivity contribution is -0.131. The number of ether oxygens (including phenoxy) is 3. The zero-order chi connectivity index (χ0) is 25.3. The summed E-state index contributed by atoms with van der Waals surface area (Å²) in [6, 6.07) is 10.3. The molecule has 0 spiro atoms. The molecule has 0 saturated heterocycles. The van der Waals surface area contributed by atoms with E-state index >= 15 is 0 Å². The Labute approximate surface area is 202 Å². The predicted octanol–water partition coefficient (Wildman–Crippen LogP) is 6.12. The first-order chi connectivity index (χ1) is 16.1. The van der Waals surface area contributed by atoms with Gasteiger partial charge < -0.3 is 19.3 Å². The van der Waals surface area contributed by atoms with Crippen LogP contribution in [-0.4, -0.2) is 36.7 Å². The van der Waals surface area contributed by atoms with E-state index in [0.29, 0.717) is 65.6 Å². The monoisotopic (exact) mass is 468 g/mol. The first-order valence-corrected chi connectivity index (χ1v) is 11.7. The highest BCUT2D eigenvalue weighted by Gasteiger charge is 2.18. The Hall–Kier alpha value is -3.28. The largest absolute Gasteiger partial charge is 0.493 e. The van der Waals surface area contributed by atoms with Gasteiger partial charge in [0.25, 0.3) is 0 Å². The second-order valence-electron chi connectivity index (χ2n) is 9.53. The minimum absolute atomic E-state index is 0.227. The van der Waals surface area contributed by atoms with Gasteiger partial charge in [-0.05, 0) is 54.2 Å². The molecule has 2 aromatic carbocycles. The van der Waals surface area contributed by atoms with Gasteiger partial charge in [-0.25, -0.2) is 4.79 Å². The third kappa shape index (κ3) is 8.58. The Morgan fingerprint density at radius 2 is 1.38 bits per heavy atom. The molecular weight excluding hydrogens is 432 g/mol. The Kier molecular flexibility index (Phi) is 10.2. The van der Waals surface area contributed by atoms with E-state index < -0.39 is 5.97 Å². The van der Waals surface area contributed by atoms with Gasteiger partial charge >= 0.3 is 5.97 Å². The lowest BCUT2D eigenvalue weighted by Gasteiger charge is -2.16. The van der Waals surface area contributed by atoms with Gasteiger partial charge in [-0.3, -0.25) is 4.79 Å². The molecule has 0 radical (unpaired) electrons. The third-order valence-electron chi connectivity index (χ3n) is 4.60. The number of ketones is 1. The van der Waals surface area contributed by atoms with E-state index in [2.05, 4.69) is 13.8 Å². The van der Waals surface area contributed by atoms with Crippen LogP contribution in [0.15, 0.2) is 42.5 Å². The van der Waals surface area contributed by atoms with Crippen molar-refractivity contribution in [2.24, 2.45) is 17.8 Å². The third-order valence-corrected chi connectivity index (χ3v) is 4.60. The molecule has 2 rings (SSSR count). The lowest BCUT2D eigenvalue weighted by Crippen LogP contribution is -2.11. The molecule has 34 heavy (non-hydrogen) atoms. The normalized spacial score (nSPS) is 11.4. The number of carbonyl (C=O) groups excluding carboxylic acids is 1. The smallest absolute Gasteiger partial charge is 0.328 e. The highest BCUT2D eigenvalue weighted by molar-refractivity contribution is 6.11. The van der Waals surface area contributed by atoms with E-state index in [-0.39, 0.29) is 11.7 Å². The van der Waals surface area contributed by atoms with Crippen molar-refractivity contribution in [3.63, 3.8) is 0 Å². The summed E-state index contributed by atoms with van der Waals surface area (Å²) in [6.45, 7) is 13.8. The predicted molar refractivity (Wildman–Crippen MR) is 134 cm³/mol. The number of hydrogen-bond acceptors (Lipinski definition) is 5. The molecule has 2 aromatic rings. The van der Waals surface area contributed by atoms with Crippen LogP contribution in [0.1, 0.15) is 63.0 Å². The molecule has 0 fully saturated rings. The molecule has 6 nitrogen and oxygen atoms in total. The van der Waals surface area contributed by atoms with Gasteiger partial charge in [-0.1, -0.05) is 41.5 Å². The van der Waals surface area contributed by atoms with Crippen LogP contribution < -0.4 is 14.2 Å². The summed E-state index contributed by atoms with van der Waals surface area (Å²) in [4.78, 5) is 24.5. The Morgan fingerprint density at radius 3 is 1.97 bits per heavy atom. The molecule has 0 bridgehead atoms. The molecule has 0 unspecified atom stereocenters. The van der Waals surface area contributed by atoms with E-state index in [4.69, 9.17) is 19.3 Å². The van der Waals surface area contributed by atoms with E-state index in [9.17, 15) is 9.59 Å². The highest BCUT2D eigenvalue weighted by atomic mass is 16.5. The fraction of sp³-hybridized carbons (Fsp3) is 0.429. The number of rotatable bonds is 13. The highest BCUT2D eigenvalue weighted by Crippen LogP contribution is 2.30. The zero-order valence-electron chi connectivity index (χ0n) is 21.0. The van der Waals surface area contributed by atoms with Crippen LogP contribution in [0.4, 0.5) is 0 Å². The minimum Gasteiger partial charge on any atom is -0.493 e. The van der Waals surface area contributed by atoms with Crippen molar-refractivity contribution in [1.82, 2.24) is 0 Å². The van der Waals surface area contributed by atoms with Gasteiger partial charge in [0.2, 0.25) is 0 Å². The standard InChI is InChI=1S/C28H36O6/c1-18(2)15-32-23-9-10-24(26(14-23)34-17-20(5)6)28(31)22-7-11-25(33-16-19(3)4)21(13-22)8-12-27(29)30/h7-14,18-20H,15-17H2,1-6H3,(H,29,30)/b12-8+. The minimum atomic E-state index is -1.08. The average molecular weight is 469 g/mol. The summed E-state index contributed by atoms with van der Waals surface area (Å²) in [7, 11) is 0. The van der Waals surface area contributed by atoms with Crippen LogP contribution in [0.25, 0.3) is 6.08 Å². The fourth-order valence-corrected chi connectivity index (χ4v) is 2.94. The summed E-state index contributed by atoms with van der Waals surface area (Å²) in [6.07, 6.45) is 2.47. The summed E-state index contributed by atoms with van der Waals surface area (Å²) >= 11 is 0. The summed E-state index contributed by atoms with van der Waals surface area (Å²) in [5.74, 6) is 1.28. The second-order valence-corrected chi connectivity index (χ2v) is 9.53. The van der Waals surface area contributed by atoms with E-state index in [1.165, 1.54) is 6.08 Å².